The van der Waals surface area contributed by atoms with Gasteiger partial charge in [0.15, 0.2) is 5.82 Å². The first kappa shape index (κ1) is 24.4. The van der Waals surface area contributed by atoms with Crippen molar-refractivity contribution in [3.63, 3.8) is 0 Å². The van der Waals surface area contributed by atoms with Crippen LogP contribution in [0.1, 0.15) is 56.3 Å². The largest absolute Gasteiger partial charge is 0.377 e. The zero-order valence-electron chi connectivity index (χ0n) is 22.9. The van der Waals surface area contributed by atoms with Crippen LogP contribution < -0.4 is 21.6 Å². The molecule has 7 nitrogen and oxygen atoms in total. The first-order valence-corrected chi connectivity index (χ1v) is 13.3. The Morgan fingerprint density at radius 1 is 1.10 bits per heavy atom. The second-order valence-corrected chi connectivity index (χ2v) is 9.95. The fraction of sp³-hybridized carbons (Fsp3) is 0.226. The van der Waals surface area contributed by atoms with E-state index in [1.54, 1.807) is 6.07 Å². The van der Waals surface area contributed by atoms with Gasteiger partial charge in [-0.25, -0.2) is 8.78 Å². The molecule has 0 bridgehead atoms. The van der Waals surface area contributed by atoms with Gasteiger partial charge in [0.1, 0.15) is 17.4 Å². The topological polar surface area (TPSA) is 88.0 Å². The number of halogens is 2. The van der Waals surface area contributed by atoms with Gasteiger partial charge in [0.25, 0.3) is 0 Å². The zero-order valence-corrected chi connectivity index (χ0v) is 21.9. The minimum Gasteiger partial charge on any atom is -0.377 e. The van der Waals surface area contributed by atoms with Crippen LogP contribution in [0.25, 0.3) is 10.9 Å². The summed E-state index contributed by atoms with van der Waals surface area (Å²) in [7, 11) is 0. The van der Waals surface area contributed by atoms with E-state index < -0.39 is 17.7 Å². The first-order valence-electron chi connectivity index (χ1n) is 13.8. The number of pyridine rings is 1. The molecule has 0 unspecified atom stereocenters. The maximum Gasteiger partial charge on any atom is 0.151 e. The number of benzene rings is 3. The second kappa shape index (κ2) is 10.8. The summed E-state index contributed by atoms with van der Waals surface area (Å²) in [6, 6.07) is 19.2. The van der Waals surface area contributed by atoms with Gasteiger partial charge in [-0.1, -0.05) is 49.4 Å². The van der Waals surface area contributed by atoms with Crippen molar-refractivity contribution in [2.45, 2.75) is 44.3 Å². The summed E-state index contributed by atoms with van der Waals surface area (Å²) in [5, 5.41) is 18.9. The normalized spacial score (nSPS) is 17.3. The van der Waals surface area contributed by atoms with Crippen molar-refractivity contribution >= 4 is 22.3 Å². The minimum atomic E-state index is -1.63. The van der Waals surface area contributed by atoms with Crippen LogP contribution in [0.5, 0.6) is 0 Å². The molecule has 9 heteroatoms. The van der Waals surface area contributed by atoms with Crippen molar-refractivity contribution in [1.82, 2.24) is 21.0 Å². The van der Waals surface area contributed by atoms with E-state index >= 15 is 4.39 Å². The highest BCUT2D eigenvalue weighted by atomic mass is 19.1. The van der Waals surface area contributed by atoms with Crippen molar-refractivity contribution in [3.05, 3.63) is 113 Å². The van der Waals surface area contributed by atoms with E-state index in [0.29, 0.717) is 34.1 Å². The molecule has 2 heterocycles. The van der Waals surface area contributed by atoms with Crippen molar-refractivity contribution < 1.29 is 10.2 Å². The summed E-state index contributed by atoms with van der Waals surface area (Å²) in [6.07, 6.45) is 5.98. The number of hydrogen-bond donors (Lipinski definition) is 4. The summed E-state index contributed by atoms with van der Waals surface area (Å²) >= 11 is 0. The van der Waals surface area contributed by atoms with Crippen LogP contribution in [0.2, 0.25) is 0 Å². The van der Waals surface area contributed by atoms with Gasteiger partial charge in [-0.3, -0.25) is 9.99 Å². The monoisotopic (exact) mass is 538 g/mol. The molecular weight excluding hydrogens is 508 g/mol. The molecule has 4 aromatic rings. The van der Waals surface area contributed by atoms with E-state index in [1.165, 1.54) is 36.5 Å². The Bertz CT molecular complexity index is 1650. The smallest absolute Gasteiger partial charge is 0.151 e. The lowest BCUT2D eigenvalue weighted by atomic mass is 10.0. The quantitative estimate of drug-likeness (QED) is 0.195. The SMILES string of the molecule is [2H][C@](Nc1cc(F)c2ncc(C#N)c(N[C@H](CC)c3ccccc3)c2c1)(C1=CN(C2CC2)NN1)c1ccc(F)cc1. The van der Waals surface area contributed by atoms with Crippen LogP contribution >= 0.6 is 0 Å². The number of rotatable bonds is 9. The van der Waals surface area contributed by atoms with E-state index in [0.717, 1.165) is 24.8 Å². The van der Waals surface area contributed by atoms with Gasteiger partial charge in [-0.05, 0) is 54.7 Å². The van der Waals surface area contributed by atoms with Crippen molar-refractivity contribution in [1.29, 1.82) is 5.26 Å². The number of fused-ring (bicyclic) bond motifs is 1. The van der Waals surface area contributed by atoms with Gasteiger partial charge < -0.3 is 16.1 Å². The van der Waals surface area contributed by atoms with E-state index in [4.69, 9.17) is 0 Å². The fourth-order valence-electron chi connectivity index (χ4n) is 4.91. The molecule has 1 aliphatic heterocycles. The predicted molar refractivity (Wildman–Crippen MR) is 151 cm³/mol. The van der Waals surface area contributed by atoms with Gasteiger partial charge in [0.05, 0.1) is 30.4 Å². The molecule has 3 aromatic carbocycles. The Kier molecular flexibility index (Phi) is 6.60. The Morgan fingerprint density at radius 3 is 2.58 bits per heavy atom. The van der Waals surface area contributed by atoms with Crippen LogP contribution in [-0.2, 0) is 0 Å². The Balaban J connectivity index is 1.44. The number of hydrazine groups is 2. The minimum absolute atomic E-state index is 0.108. The molecule has 0 radical (unpaired) electrons. The predicted octanol–water partition coefficient (Wildman–Crippen LogP) is 6.43. The van der Waals surface area contributed by atoms with Gasteiger partial charge in [-0.15, -0.1) is 5.53 Å². The van der Waals surface area contributed by atoms with E-state index in [-0.39, 0.29) is 17.1 Å². The highest BCUT2D eigenvalue weighted by Crippen LogP contribution is 2.36. The van der Waals surface area contributed by atoms with Gasteiger partial charge in [-0.2, -0.15) is 5.26 Å². The standard InChI is InChI=1S/C31H29F2N7/c1-2-27(19-6-4-3-5-7-19)37-29-21(16-34)17-35-31-25(29)14-23(15-26(31)33)36-30(20-8-10-22(32)11-9-20)28-18-40(39-38-28)24-12-13-24/h3-11,14-15,17-18,24,27,30,36,38-39H,2,12-13H2,1H3,(H,35,37)/t27-,30-/m1/s1/i30D. The lowest BCUT2D eigenvalue weighted by Crippen LogP contribution is -2.38. The summed E-state index contributed by atoms with van der Waals surface area (Å²) in [4.78, 5) is 4.24. The number of nitrogens with one attached hydrogen (secondary N) is 4. The van der Waals surface area contributed by atoms with E-state index in [2.05, 4.69) is 32.6 Å². The average Bonchev–Trinajstić information content (AvgIpc) is 3.72. The molecule has 0 spiro atoms. The number of anilines is 2. The Morgan fingerprint density at radius 2 is 1.88 bits per heavy atom. The highest BCUT2D eigenvalue weighted by molar-refractivity contribution is 5.96. The van der Waals surface area contributed by atoms with Crippen molar-refractivity contribution in [2.75, 3.05) is 10.6 Å². The average molecular weight is 539 g/mol. The molecule has 1 aliphatic carbocycles. The molecule has 0 saturated heterocycles. The van der Waals surface area contributed by atoms with Crippen LogP contribution in [0.15, 0.2) is 84.8 Å². The third kappa shape index (κ3) is 5.14. The fourth-order valence-corrected chi connectivity index (χ4v) is 4.91. The van der Waals surface area contributed by atoms with Crippen LogP contribution in [0, 0.1) is 23.0 Å². The number of aromatic nitrogens is 1. The number of nitrogens with zero attached hydrogens (tertiary/aromatic N) is 3. The van der Waals surface area contributed by atoms with Gasteiger partial charge in [0, 0.05) is 29.5 Å². The van der Waals surface area contributed by atoms with Gasteiger partial charge in [0.2, 0.25) is 0 Å². The molecule has 4 N–H and O–H groups in total. The molecule has 2 aliphatic rings. The maximum absolute atomic E-state index is 15.6. The van der Waals surface area contributed by atoms with E-state index in [9.17, 15) is 11.0 Å². The summed E-state index contributed by atoms with van der Waals surface area (Å²) in [6.45, 7) is 2.03. The third-order valence-electron chi connectivity index (χ3n) is 7.17. The lowest BCUT2D eigenvalue weighted by Gasteiger charge is -2.23. The molecule has 1 saturated carbocycles. The number of nitriles is 1. The lowest BCUT2D eigenvalue weighted by molar-refractivity contribution is 0.260. The summed E-state index contributed by atoms with van der Waals surface area (Å²) < 4.78 is 39.0. The van der Waals surface area contributed by atoms with Gasteiger partial charge >= 0.3 is 0 Å². The molecule has 202 valence electrons. The highest BCUT2D eigenvalue weighted by Gasteiger charge is 2.32. The number of hydrogen-bond acceptors (Lipinski definition) is 7. The van der Waals surface area contributed by atoms with Crippen LogP contribution in [-0.4, -0.2) is 16.0 Å². The third-order valence-corrected chi connectivity index (χ3v) is 7.17. The molecule has 40 heavy (non-hydrogen) atoms. The molecular formula is C31H29F2N7. The molecule has 1 aromatic heterocycles. The molecule has 1 fully saturated rings. The van der Waals surface area contributed by atoms with Crippen molar-refractivity contribution in [3.8, 4) is 6.07 Å². The molecule has 6 rings (SSSR count). The molecule has 0 amide bonds. The zero-order chi connectivity index (χ0) is 28.6. The van der Waals surface area contributed by atoms with Crippen molar-refractivity contribution in [2.24, 2.45) is 0 Å². The molecule has 2 atom stereocenters. The summed E-state index contributed by atoms with van der Waals surface area (Å²) in [5.74, 6) is -1.02. The van der Waals surface area contributed by atoms with E-state index in [1.807, 2.05) is 48.5 Å². The second-order valence-electron chi connectivity index (χ2n) is 9.95. The first-order chi connectivity index (χ1) is 19.9. The van der Waals surface area contributed by atoms with Crippen LogP contribution in [0.3, 0.4) is 0 Å². The maximum atomic E-state index is 15.6. The Hall–Kier alpha value is -4.68. The summed E-state index contributed by atoms with van der Waals surface area (Å²) in [5.41, 5.74) is 9.25. The van der Waals surface area contributed by atoms with Crippen LogP contribution in [0.4, 0.5) is 20.2 Å². The Labute approximate surface area is 232 Å².